The predicted molar refractivity (Wildman–Crippen MR) is 98.6 cm³/mol. The third-order valence-corrected chi connectivity index (χ3v) is 4.49. The molecule has 3 aromatic rings. The van der Waals surface area contributed by atoms with Crippen molar-refractivity contribution in [1.29, 1.82) is 0 Å². The Kier molecular flexibility index (Phi) is 5.74. The molecule has 2 aromatic heterocycles. The van der Waals surface area contributed by atoms with Gasteiger partial charge in [-0.2, -0.15) is 0 Å². The second-order valence-electron chi connectivity index (χ2n) is 5.51. The van der Waals surface area contributed by atoms with Gasteiger partial charge in [0.05, 0.1) is 16.3 Å². The Labute approximate surface area is 155 Å². The minimum Gasteiger partial charge on any atom is -0.463 e. The Morgan fingerprint density at radius 1 is 1.12 bits per heavy atom. The summed E-state index contributed by atoms with van der Waals surface area (Å²) in [5.41, 5.74) is 2.61. The van der Waals surface area contributed by atoms with E-state index in [2.05, 4.69) is 10.3 Å². The Balaban J connectivity index is 1.57. The van der Waals surface area contributed by atoms with Gasteiger partial charge in [-0.1, -0.05) is 35.3 Å². The Morgan fingerprint density at radius 2 is 2.00 bits per heavy atom. The van der Waals surface area contributed by atoms with Crippen molar-refractivity contribution in [3.63, 3.8) is 0 Å². The van der Waals surface area contributed by atoms with E-state index in [9.17, 15) is 4.79 Å². The first-order valence-electron chi connectivity index (χ1n) is 7.82. The van der Waals surface area contributed by atoms with Gasteiger partial charge in [-0.3, -0.25) is 9.78 Å². The van der Waals surface area contributed by atoms with Gasteiger partial charge in [0, 0.05) is 24.7 Å². The molecule has 25 heavy (non-hydrogen) atoms. The highest BCUT2D eigenvalue weighted by Crippen LogP contribution is 2.23. The van der Waals surface area contributed by atoms with E-state index < -0.39 is 0 Å². The van der Waals surface area contributed by atoms with Gasteiger partial charge >= 0.3 is 0 Å². The van der Waals surface area contributed by atoms with E-state index in [4.69, 9.17) is 27.6 Å². The number of rotatable bonds is 6. The van der Waals surface area contributed by atoms with E-state index in [1.54, 1.807) is 24.6 Å². The number of amides is 1. The minimum absolute atomic E-state index is 0.0414. The van der Waals surface area contributed by atoms with Crippen LogP contribution in [0.3, 0.4) is 0 Å². The monoisotopic (exact) mass is 374 g/mol. The Bertz CT molecular complexity index is 864. The molecule has 6 heteroatoms. The lowest BCUT2D eigenvalue weighted by Gasteiger charge is -2.09. The molecule has 2 heterocycles. The number of furan rings is 1. The molecule has 0 saturated heterocycles. The lowest BCUT2D eigenvalue weighted by atomic mass is 10.1. The lowest BCUT2D eigenvalue weighted by molar-refractivity contribution is -0.121. The van der Waals surface area contributed by atoms with Gasteiger partial charge in [0.15, 0.2) is 5.76 Å². The van der Waals surface area contributed by atoms with Crippen LogP contribution in [0.1, 0.15) is 17.5 Å². The molecule has 0 bridgehead atoms. The number of carbonyl (C=O) groups is 1. The van der Waals surface area contributed by atoms with Gasteiger partial charge in [-0.15, -0.1) is 0 Å². The summed E-state index contributed by atoms with van der Waals surface area (Å²) in [5.74, 6) is 0.640. The van der Waals surface area contributed by atoms with Gasteiger partial charge in [-0.25, -0.2) is 0 Å². The van der Waals surface area contributed by atoms with Gasteiger partial charge in [0.1, 0.15) is 5.69 Å². The smallest absolute Gasteiger partial charge is 0.220 e. The molecular formula is C19H16Cl2N2O2. The molecular weight excluding hydrogens is 359 g/mol. The molecule has 128 valence electrons. The summed E-state index contributed by atoms with van der Waals surface area (Å²) in [6, 6.07) is 12.8. The number of aryl methyl sites for hydroxylation is 1. The molecule has 3 rings (SSSR count). The topological polar surface area (TPSA) is 55.1 Å². The maximum absolute atomic E-state index is 12.1. The van der Waals surface area contributed by atoms with Crippen molar-refractivity contribution in [3.05, 3.63) is 76.1 Å². The largest absolute Gasteiger partial charge is 0.463 e. The number of carbonyl (C=O) groups excluding carboxylic acids is 1. The molecule has 0 aliphatic rings. The van der Waals surface area contributed by atoms with Crippen LogP contribution < -0.4 is 5.32 Å². The van der Waals surface area contributed by atoms with E-state index in [-0.39, 0.29) is 5.91 Å². The molecule has 0 radical (unpaired) electrons. The molecule has 1 aromatic carbocycles. The number of pyridine rings is 1. The number of nitrogens with zero attached hydrogens (tertiary/aromatic N) is 1. The second kappa shape index (κ2) is 8.19. The predicted octanol–water partition coefficient (Wildman–Crippen LogP) is 4.90. The molecule has 0 unspecified atom stereocenters. The SMILES string of the molecule is O=C(CCc1ccc(Cl)c(Cl)c1)NCc1cccnc1-c1ccco1. The van der Waals surface area contributed by atoms with E-state index in [1.165, 1.54) is 0 Å². The van der Waals surface area contributed by atoms with E-state index in [0.29, 0.717) is 35.2 Å². The van der Waals surface area contributed by atoms with E-state index >= 15 is 0 Å². The first-order valence-corrected chi connectivity index (χ1v) is 8.57. The quantitative estimate of drug-likeness (QED) is 0.667. The zero-order valence-corrected chi connectivity index (χ0v) is 14.8. The summed E-state index contributed by atoms with van der Waals surface area (Å²) in [7, 11) is 0. The maximum Gasteiger partial charge on any atom is 0.220 e. The molecule has 0 saturated carbocycles. The number of nitrogens with one attached hydrogen (secondary N) is 1. The molecule has 1 N–H and O–H groups in total. The number of aromatic nitrogens is 1. The fourth-order valence-electron chi connectivity index (χ4n) is 2.45. The van der Waals surface area contributed by atoms with Crippen molar-refractivity contribution in [2.45, 2.75) is 19.4 Å². The normalized spacial score (nSPS) is 10.6. The van der Waals surface area contributed by atoms with Crippen molar-refractivity contribution < 1.29 is 9.21 Å². The van der Waals surface area contributed by atoms with E-state index in [1.807, 2.05) is 30.3 Å². The molecule has 0 aliphatic carbocycles. The minimum atomic E-state index is -0.0414. The average Bonchev–Trinajstić information content (AvgIpc) is 3.15. The second-order valence-corrected chi connectivity index (χ2v) is 6.33. The summed E-state index contributed by atoms with van der Waals surface area (Å²) in [6.07, 6.45) is 4.27. The summed E-state index contributed by atoms with van der Waals surface area (Å²) in [4.78, 5) is 16.5. The van der Waals surface area contributed by atoms with Crippen LogP contribution >= 0.6 is 23.2 Å². The fraction of sp³-hybridized carbons (Fsp3) is 0.158. The number of hydrogen-bond donors (Lipinski definition) is 1. The van der Waals surface area contributed by atoms with Gasteiger partial charge < -0.3 is 9.73 Å². The number of benzene rings is 1. The third-order valence-electron chi connectivity index (χ3n) is 3.75. The zero-order chi connectivity index (χ0) is 17.6. The highest BCUT2D eigenvalue weighted by atomic mass is 35.5. The van der Waals surface area contributed by atoms with Crippen LogP contribution in [0.5, 0.6) is 0 Å². The average molecular weight is 375 g/mol. The van der Waals surface area contributed by atoms with Crippen LogP contribution in [-0.4, -0.2) is 10.9 Å². The molecule has 0 atom stereocenters. The van der Waals surface area contributed by atoms with E-state index in [0.717, 1.165) is 16.8 Å². The van der Waals surface area contributed by atoms with Crippen LogP contribution in [0.4, 0.5) is 0 Å². The Hall–Kier alpha value is -2.30. The van der Waals surface area contributed by atoms with Crippen molar-refractivity contribution in [2.24, 2.45) is 0 Å². The van der Waals surface area contributed by atoms with Crippen LogP contribution in [-0.2, 0) is 17.8 Å². The summed E-state index contributed by atoms with van der Waals surface area (Å²) >= 11 is 11.9. The van der Waals surface area contributed by atoms with Crippen LogP contribution in [0.25, 0.3) is 11.5 Å². The standard InChI is InChI=1S/C19H16Cl2N2O2/c20-15-7-5-13(11-16(15)21)6-8-18(24)23-12-14-3-1-9-22-19(14)17-4-2-10-25-17/h1-5,7,9-11H,6,8,12H2,(H,23,24). The van der Waals surface area contributed by atoms with Crippen LogP contribution in [0, 0.1) is 0 Å². The maximum atomic E-state index is 12.1. The number of hydrogen-bond acceptors (Lipinski definition) is 3. The molecule has 0 aliphatic heterocycles. The van der Waals surface area contributed by atoms with Crippen molar-refractivity contribution in [1.82, 2.24) is 10.3 Å². The molecule has 0 spiro atoms. The fourth-order valence-corrected chi connectivity index (χ4v) is 2.77. The summed E-state index contributed by atoms with van der Waals surface area (Å²) in [6.45, 7) is 0.393. The first-order chi connectivity index (χ1) is 12.1. The van der Waals surface area contributed by atoms with Crippen molar-refractivity contribution in [2.75, 3.05) is 0 Å². The highest BCUT2D eigenvalue weighted by Gasteiger charge is 2.10. The molecule has 0 fully saturated rings. The molecule has 1 amide bonds. The summed E-state index contributed by atoms with van der Waals surface area (Å²) in [5, 5.41) is 3.93. The lowest BCUT2D eigenvalue weighted by Crippen LogP contribution is -2.23. The molecule has 4 nitrogen and oxygen atoms in total. The summed E-state index contributed by atoms with van der Waals surface area (Å²) < 4.78 is 5.39. The van der Waals surface area contributed by atoms with Gasteiger partial charge in [-0.05, 0) is 42.3 Å². The zero-order valence-electron chi connectivity index (χ0n) is 13.3. The van der Waals surface area contributed by atoms with Gasteiger partial charge in [0.2, 0.25) is 5.91 Å². The number of halogens is 2. The highest BCUT2D eigenvalue weighted by molar-refractivity contribution is 6.42. The first kappa shape index (κ1) is 17.5. The van der Waals surface area contributed by atoms with Crippen molar-refractivity contribution >= 4 is 29.1 Å². The Morgan fingerprint density at radius 3 is 2.76 bits per heavy atom. The van der Waals surface area contributed by atoms with Crippen LogP contribution in [0.2, 0.25) is 10.0 Å². The van der Waals surface area contributed by atoms with Crippen LogP contribution in [0.15, 0.2) is 59.3 Å². The van der Waals surface area contributed by atoms with Gasteiger partial charge in [0.25, 0.3) is 0 Å². The third kappa shape index (κ3) is 4.62. The van der Waals surface area contributed by atoms with Crippen molar-refractivity contribution in [3.8, 4) is 11.5 Å².